The molecule has 0 radical (unpaired) electrons. The molecule has 1 N–H and O–H groups in total. The van der Waals surface area contributed by atoms with Crippen molar-refractivity contribution in [2.75, 3.05) is 23.3 Å². The lowest BCUT2D eigenvalue weighted by Crippen LogP contribution is -2.24. The first-order valence-corrected chi connectivity index (χ1v) is 7.11. The lowest BCUT2D eigenvalue weighted by Gasteiger charge is -2.19. The lowest BCUT2D eigenvalue weighted by molar-refractivity contribution is 0.619. The molecule has 0 spiro atoms. The summed E-state index contributed by atoms with van der Waals surface area (Å²) < 4.78 is 13.6. The van der Waals surface area contributed by atoms with E-state index in [0.717, 1.165) is 13.1 Å². The maximum Gasteiger partial charge on any atom is 0.233 e. The Labute approximate surface area is 128 Å². The van der Waals surface area contributed by atoms with Crippen molar-refractivity contribution in [3.63, 3.8) is 0 Å². The van der Waals surface area contributed by atoms with Gasteiger partial charge in [-0.2, -0.15) is 15.0 Å². The van der Waals surface area contributed by atoms with Crippen molar-refractivity contribution in [2.24, 2.45) is 0 Å². The number of nitrogens with zero attached hydrogens (tertiary/aromatic N) is 4. The molecule has 0 aliphatic heterocycles. The van der Waals surface area contributed by atoms with Crippen LogP contribution in [0.5, 0.6) is 0 Å². The van der Waals surface area contributed by atoms with Gasteiger partial charge in [-0.1, -0.05) is 6.07 Å². The van der Waals surface area contributed by atoms with Crippen LogP contribution in [0.15, 0.2) is 18.2 Å². The van der Waals surface area contributed by atoms with Crippen LogP contribution in [0, 0.1) is 12.7 Å². The normalized spacial score (nSPS) is 10.5. The number of anilines is 3. The molecule has 1 aromatic heterocycles. The Morgan fingerprint density at radius 3 is 2.57 bits per heavy atom. The number of hydrogen-bond donors (Lipinski definition) is 1. The molecule has 1 aromatic carbocycles. The minimum absolute atomic E-state index is 0.100. The first-order chi connectivity index (χ1) is 10.0. The summed E-state index contributed by atoms with van der Waals surface area (Å²) >= 11 is 5.94. The van der Waals surface area contributed by atoms with Gasteiger partial charge in [-0.3, -0.25) is 0 Å². The van der Waals surface area contributed by atoms with Crippen LogP contribution in [-0.2, 0) is 0 Å². The molecule has 112 valence electrons. The van der Waals surface area contributed by atoms with Crippen LogP contribution >= 0.6 is 11.6 Å². The first-order valence-electron chi connectivity index (χ1n) is 6.73. The van der Waals surface area contributed by atoms with E-state index in [-0.39, 0.29) is 11.1 Å². The van der Waals surface area contributed by atoms with E-state index in [0.29, 0.717) is 23.1 Å². The second-order valence-electron chi connectivity index (χ2n) is 4.44. The molecule has 0 aliphatic carbocycles. The number of halogens is 2. The molecule has 0 amide bonds. The van der Waals surface area contributed by atoms with E-state index in [4.69, 9.17) is 11.6 Å². The van der Waals surface area contributed by atoms with Gasteiger partial charge in [0.2, 0.25) is 17.2 Å². The van der Waals surface area contributed by atoms with Crippen molar-refractivity contribution in [3.05, 3.63) is 34.9 Å². The minimum atomic E-state index is -0.288. The Balaban J connectivity index is 2.34. The second kappa shape index (κ2) is 6.67. The van der Waals surface area contributed by atoms with Crippen molar-refractivity contribution in [1.29, 1.82) is 0 Å². The molecule has 0 unspecified atom stereocenters. The van der Waals surface area contributed by atoms with Crippen molar-refractivity contribution in [1.82, 2.24) is 15.0 Å². The molecule has 2 aromatic rings. The molecular formula is C14H17ClFN5. The number of rotatable bonds is 5. The number of aromatic nitrogens is 3. The smallest absolute Gasteiger partial charge is 0.233 e. The number of hydrogen-bond acceptors (Lipinski definition) is 5. The van der Waals surface area contributed by atoms with E-state index in [1.54, 1.807) is 19.1 Å². The molecule has 0 atom stereocenters. The summed E-state index contributed by atoms with van der Waals surface area (Å²) in [6.45, 7) is 7.21. The van der Waals surface area contributed by atoms with Gasteiger partial charge in [0.05, 0.1) is 0 Å². The Hall–Kier alpha value is -1.95. The van der Waals surface area contributed by atoms with Crippen molar-refractivity contribution in [2.45, 2.75) is 20.8 Å². The Bertz CT molecular complexity index is 631. The van der Waals surface area contributed by atoms with Gasteiger partial charge < -0.3 is 10.2 Å². The summed E-state index contributed by atoms with van der Waals surface area (Å²) in [6.07, 6.45) is 0. The van der Waals surface area contributed by atoms with Crippen molar-refractivity contribution in [3.8, 4) is 0 Å². The van der Waals surface area contributed by atoms with Gasteiger partial charge in [-0.25, -0.2) is 4.39 Å². The molecule has 0 bridgehead atoms. The van der Waals surface area contributed by atoms with E-state index in [1.807, 2.05) is 18.7 Å². The van der Waals surface area contributed by atoms with Crippen LogP contribution < -0.4 is 10.2 Å². The summed E-state index contributed by atoms with van der Waals surface area (Å²) in [5.74, 6) is 0.506. The number of nitrogens with one attached hydrogen (secondary N) is 1. The maximum absolute atomic E-state index is 13.6. The van der Waals surface area contributed by atoms with Crippen LogP contribution in [0.2, 0.25) is 5.28 Å². The summed E-state index contributed by atoms with van der Waals surface area (Å²) in [5.41, 5.74) is 1.10. The Morgan fingerprint density at radius 2 is 1.90 bits per heavy atom. The SMILES string of the molecule is CCN(CC)c1nc(Cl)nc(Nc2cccc(F)c2C)n1. The molecule has 7 heteroatoms. The maximum atomic E-state index is 13.6. The zero-order chi connectivity index (χ0) is 15.4. The van der Waals surface area contributed by atoms with Crippen LogP contribution in [0.4, 0.5) is 22.0 Å². The van der Waals surface area contributed by atoms with E-state index >= 15 is 0 Å². The molecule has 5 nitrogen and oxygen atoms in total. The highest BCUT2D eigenvalue weighted by Crippen LogP contribution is 2.22. The minimum Gasteiger partial charge on any atom is -0.341 e. The standard InChI is InChI=1S/C14H17ClFN5/c1-4-21(5-2)14-19-12(15)18-13(20-14)17-11-8-6-7-10(16)9(11)3/h6-8H,4-5H2,1-3H3,(H,17,18,19,20). The summed E-state index contributed by atoms with van der Waals surface area (Å²) in [5, 5.41) is 3.08. The van der Waals surface area contributed by atoms with Gasteiger partial charge in [-0.05, 0) is 44.5 Å². The average molecular weight is 310 g/mol. The van der Waals surface area contributed by atoms with Crippen LogP contribution in [-0.4, -0.2) is 28.0 Å². The van der Waals surface area contributed by atoms with Crippen LogP contribution in [0.25, 0.3) is 0 Å². The highest BCUT2D eigenvalue weighted by molar-refractivity contribution is 6.28. The molecule has 2 rings (SSSR count). The lowest BCUT2D eigenvalue weighted by atomic mass is 10.2. The van der Waals surface area contributed by atoms with Gasteiger partial charge in [0.25, 0.3) is 0 Å². The fourth-order valence-corrected chi connectivity index (χ4v) is 2.06. The van der Waals surface area contributed by atoms with E-state index in [9.17, 15) is 4.39 Å². The van der Waals surface area contributed by atoms with Gasteiger partial charge in [0.1, 0.15) is 5.82 Å². The quantitative estimate of drug-likeness (QED) is 0.915. The fraction of sp³-hybridized carbons (Fsp3) is 0.357. The van der Waals surface area contributed by atoms with Crippen molar-refractivity contribution >= 4 is 29.2 Å². The zero-order valence-electron chi connectivity index (χ0n) is 12.2. The van der Waals surface area contributed by atoms with Gasteiger partial charge >= 0.3 is 0 Å². The first kappa shape index (κ1) is 15.4. The van der Waals surface area contributed by atoms with Gasteiger partial charge in [0.15, 0.2) is 0 Å². The average Bonchev–Trinajstić information content (AvgIpc) is 2.45. The summed E-state index contributed by atoms with van der Waals surface area (Å²) in [6, 6.07) is 4.79. The Kier molecular flexibility index (Phi) is 4.90. The third-order valence-electron chi connectivity index (χ3n) is 3.16. The van der Waals surface area contributed by atoms with Crippen LogP contribution in [0.3, 0.4) is 0 Å². The molecule has 1 heterocycles. The monoisotopic (exact) mass is 309 g/mol. The molecule has 0 saturated heterocycles. The van der Waals surface area contributed by atoms with Crippen molar-refractivity contribution < 1.29 is 4.39 Å². The summed E-state index contributed by atoms with van der Waals surface area (Å²) in [4.78, 5) is 14.4. The Morgan fingerprint density at radius 1 is 1.19 bits per heavy atom. The summed E-state index contributed by atoms with van der Waals surface area (Å²) in [7, 11) is 0. The van der Waals surface area contributed by atoms with E-state index < -0.39 is 0 Å². The molecular weight excluding hydrogens is 293 g/mol. The predicted octanol–water partition coefficient (Wildman–Crippen LogP) is 3.56. The third kappa shape index (κ3) is 3.58. The highest BCUT2D eigenvalue weighted by Gasteiger charge is 2.11. The largest absolute Gasteiger partial charge is 0.341 e. The van der Waals surface area contributed by atoms with Crippen LogP contribution in [0.1, 0.15) is 19.4 Å². The third-order valence-corrected chi connectivity index (χ3v) is 3.33. The fourth-order valence-electron chi connectivity index (χ4n) is 1.91. The molecule has 0 fully saturated rings. The zero-order valence-corrected chi connectivity index (χ0v) is 12.9. The van der Waals surface area contributed by atoms with Gasteiger partial charge in [-0.15, -0.1) is 0 Å². The van der Waals surface area contributed by atoms with E-state index in [1.165, 1.54) is 6.07 Å². The topological polar surface area (TPSA) is 53.9 Å². The predicted molar refractivity (Wildman–Crippen MR) is 82.8 cm³/mol. The van der Waals surface area contributed by atoms with Gasteiger partial charge in [0, 0.05) is 24.3 Å². The second-order valence-corrected chi connectivity index (χ2v) is 4.78. The van der Waals surface area contributed by atoms with E-state index in [2.05, 4.69) is 20.3 Å². The molecule has 0 aliphatic rings. The molecule has 0 saturated carbocycles. The highest BCUT2D eigenvalue weighted by atomic mass is 35.5. The number of benzene rings is 1. The molecule has 21 heavy (non-hydrogen) atoms.